The number of aromatic nitrogens is 2. The predicted octanol–water partition coefficient (Wildman–Crippen LogP) is 1.83. The first-order valence-electron chi connectivity index (χ1n) is 11.8. The lowest BCUT2D eigenvalue weighted by Crippen LogP contribution is -2.58. The maximum absolute atomic E-state index is 15.4. The lowest BCUT2D eigenvalue weighted by atomic mass is 9.84. The van der Waals surface area contributed by atoms with Crippen molar-refractivity contribution in [1.29, 1.82) is 0 Å². The summed E-state index contributed by atoms with van der Waals surface area (Å²) in [6.07, 6.45) is 3.58. The molecule has 2 aliphatic heterocycles. The maximum atomic E-state index is 15.4. The van der Waals surface area contributed by atoms with Crippen LogP contribution in [-0.4, -0.2) is 63.5 Å². The summed E-state index contributed by atoms with van der Waals surface area (Å²) in [6.45, 7) is 6.20. The van der Waals surface area contributed by atoms with E-state index >= 15 is 4.39 Å². The second-order valence-electron chi connectivity index (χ2n) is 10.7. The van der Waals surface area contributed by atoms with Crippen LogP contribution in [0.15, 0.2) is 17.1 Å². The van der Waals surface area contributed by atoms with Crippen LogP contribution in [0.3, 0.4) is 0 Å². The van der Waals surface area contributed by atoms with Gasteiger partial charge in [-0.3, -0.25) is 9.59 Å². The Bertz CT molecular complexity index is 1280. The topological polar surface area (TPSA) is 137 Å². The van der Waals surface area contributed by atoms with Crippen LogP contribution in [0.5, 0.6) is 0 Å². The molecule has 3 atom stereocenters. The molecule has 2 aromatic heterocycles. The number of aromatic carboxylic acids is 1. The zero-order valence-corrected chi connectivity index (χ0v) is 19.9. The predicted molar refractivity (Wildman–Crippen MR) is 124 cm³/mol. The fourth-order valence-electron chi connectivity index (χ4n) is 5.21. The van der Waals surface area contributed by atoms with Gasteiger partial charge in [-0.25, -0.2) is 14.2 Å². The molecule has 0 amide bonds. The second-order valence-corrected chi connectivity index (χ2v) is 10.7. The number of halogens is 1. The van der Waals surface area contributed by atoms with E-state index in [1.165, 1.54) is 6.20 Å². The van der Waals surface area contributed by atoms with E-state index in [0.717, 1.165) is 18.9 Å². The molecule has 3 unspecified atom stereocenters. The van der Waals surface area contributed by atoms with Gasteiger partial charge in [0.1, 0.15) is 28.5 Å². The summed E-state index contributed by atoms with van der Waals surface area (Å²) in [5.41, 5.74) is 3.66. The van der Waals surface area contributed by atoms with Gasteiger partial charge in [-0.15, -0.1) is 0 Å². The van der Waals surface area contributed by atoms with Gasteiger partial charge in [0.2, 0.25) is 5.43 Å². The van der Waals surface area contributed by atoms with E-state index in [2.05, 4.69) is 4.98 Å². The van der Waals surface area contributed by atoms with Gasteiger partial charge in [0.05, 0.1) is 11.9 Å². The van der Waals surface area contributed by atoms with Crippen LogP contribution in [0.25, 0.3) is 11.0 Å². The third-order valence-corrected chi connectivity index (χ3v) is 7.00. The van der Waals surface area contributed by atoms with E-state index in [-0.39, 0.29) is 35.4 Å². The van der Waals surface area contributed by atoms with Crippen LogP contribution in [0, 0.1) is 11.7 Å². The Hall–Kier alpha value is -3.05. The van der Waals surface area contributed by atoms with Crippen molar-refractivity contribution in [2.24, 2.45) is 11.7 Å². The average molecular weight is 489 g/mol. The number of carbonyl (C=O) groups excluding carboxylic acids is 1. The molecule has 2 saturated heterocycles. The van der Waals surface area contributed by atoms with Gasteiger partial charge in [0.25, 0.3) is 0 Å². The highest BCUT2D eigenvalue weighted by molar-refractivity contribution is 5.92. The lowest BCUT2D eigenvalue weighted by Gasteiger charge is -2.34. The number of anilines is 1. The Labute approximate surface area is 200 Å². The molecule has 3 N–H and O–H groups in total. The molecule has 1 saturated carbocycles. The van der Waals surface area contributed by atoms with Crippen molar-refractivity contribution in [3.05, 3.63) is 33.9 Å². The zero-order chi connectivity index (χ0) is 25.3. The number of carboxylic acids is 1. The molecule has 2 aromatic rings. The number of hydrogen-bond donors (Lipinski definition) is 2. The Morgan fingerprint density at radius 2 is 2.06 bits per heavy atom. The number of fused-ring (bicyclic) bond motifs is 2. The molecule has 0 aromatic carbocycles. The number of ether oxygens (including phenoxy) is 2. The molecule has 10 nitrogen and oxygen atoms in total. The molecule has 5 rings (SSSR count). The summed E-state index contributed by atoms with van der Waals surface area (Å²) in [7, 11) is 0. The molecule has 0 spiro atoms. The number of pyridine rings is 2. The minimum Gasteiger partial charge on any atom is -0.477 e. The Kier molecular flexibility index (Phi) is 5.41. The van der Waals surface area contributed by atoms with E-state index in [1.807, 2.05) is 0 Å². The van der Waals surface area contributed by atoms with Crippen LogP contribution in [-0.2, 0) is 14.3 Å². The molecular weight excluding hydrogens is 459 g/mol. The molecule has 3 fully saturated rings. The van der Waals surface area contributed by atoms with Crippen LogP contribution >= 0.6 is 0 Å². The van der Waals surface area contributed by atoms with E-state index < -0.39 is 46.0 Å². The van der Waals surface area contributed by atoms with Crippen molar-refractivity contribution in [2.45, 2.75) is 63.3 Å². The standard InChI is InChI=1S/C24H29FN4O6/c1-23(2,3)35-22(33)18(26)24-11-28(9-12(24)6-7-34-24)20-16(25)8-14-17(30)15(21(31)32)10-29(13-4-5-13)19(14)27-20/h8,10,12-13,18H,4-7,9,11,26H2,1-3H3,(H,31,32). The van der Waals surface area contributed by atoms with Crippen molar-refractivity contribution in [2.75, 3.05) is 24.6 Å². The highest BCUT2D eigenvalue weighted by Crippen LogP contribution is 2.44. The first-order valence-corrected chi connectivity index (χ1v) is 11.8. The smallest absolute Gasteiger partial charge is 0.341 e. The number of carboxylic acid groups (broad SMARTS) is 1. The zero-order valence-electron chi connectivity index (χ0n) is 19.9. The van der Waals surface area contributed by atoms with Crippen LogP contribution in [0.1, 0.15) is 56.4 Å². The third-order valence-electron chi connectivity index (χ3n) is 7.00. The minimum atomic E-state index is -1.36. The van der Waals surface area contributed by atoms with Gasteiger partial charge in [-0.1, -0.05) is 0 Å². The fraction of sp³-hybridized carbons (Fsp3) is 0.583. The number of hydrogen-bond acceptors (Lipinski definition) is 8. The largest absolute Gasteiger partial charge is 0.477 e. The molecular formula is C24H29FN4O6. The lowest BCUT2D eigenvalue weighted by molar-refractivity contribution is -0.164. The van der Waals surface area contributed by atoms with Crippen molar-refractivity contribution < 1.29 is 28.6 Å². The summed E-state index contributed by atoms with van der Waals surface area (Å²) >= 11 is 0. The Morgan fingerprint density at radius 3 is 2.69 bits per heavy atom. The van der Waals surface area contributed by atoms with E-state index in [1.54, 1.807) is 30.2 Å². The third kappa shape index (κ3) is 3.96. The Morgan fingerprint density at radius 1 is 1.34 bits per heavy atom. The number of esters is 1. The summed E-state index contributed by atoms with van der Waals surface area (Å²) in [5, 5.41) is 9.36. The first-order chi connectivity index (χ1) is 16.4. The van der Waals surface area contributed by atoms with Crippen LogP contribution in [0.2, 0.25) is 0 Å². The number of nitrogens with two attached hydrogens (primary N) is 1. The van der Waals surface area contributed by atoms with E-state index in [9.17, 15) is 19.5 Å². The number of nitrogens with zero attached hydrogens (tertiary/aromatic N) is 3. The van der Waals surface area contributed by atoms with Gasteiger partial charge in [-0.05, 0) is 46.1 Å². The van der Waals surface area contributed by atoms with E-state index in [0.29, 0.717) is 19.6 Å². The number of carbonyl (C=O) groups is 2. The highest BCUT2D eigenvalue weighted by Gasteiger charge is 2.58. The van der Waals surface area contributed by atoms with Gasteiger partial charge < -0.3 is 29.8 Å². The van der Waals surface area contributed by atoms with Crippen molar-refractivity contribution in [1.82, 2.24) is 9.55 Å². The van der Waals surface area contributed by atoms with Crippen LogP contribution < -0.4 is 16.1 Å². The quantitative estimate of drug-likeness (QED) is 0.604. The summed E-state index contributed by atoms with van der Waals surface area (Å²) in [6, 6.07) is 0.00143. The monoisotopic (exact) mass is 488 g/mol. The van der Waals surface area contributed by atoms with Gasteiger partial charge in [-0.2, -0.15) is 0 Å². The number of rotatable bonds is 5. The molecule has 11 heteroatoms. The summed E-state index contributed by atoms with van der Waals surface area (Å²) in [4.78, 5) is 43.3. The Balaban J connectivity index is 1.54. The fourth-order valence-corrected chi connectivity index (χ4v) is 5.21. The van der Waals surface area contributed by atoms with E-state index in [4.69, 9.17) is 15.2 Å². The SMILES string of the molecule is CC(C)(C)OC(=O)C(N)C12CN(c3nc4c(cc3F)c(=O)c(C(=O)O)cn4C3CC3)CC1CCO2. The molecule has 0 bridgehead atoms. The molecule has 1 aliphatic carbocycles. The molecule has 4 heterocycles. The first kappa shape index (κ1) is 23.7. The average Bonchev–Trinajstić information content (AvgIpc) is 3.42. The van der Waals surface area contributed by atoms with Gasteiger partial charge in [0, 0.05) is 31.3 Å². The van der Waals surface area contributed by atoms with Crippen molar-refractivity contribution in [3.63, 3.8) is 0 Å². The minimum absolute atomic E-state index is 0.00948. The highest BCUT2D eigenvalue weighted by atomic mass is 19.1. The van der Waals surface area contributed by atoms with Gasteiger partial charge in [0.15, 0.2) is 11.6 Å². The maximum Gasteiger partial charge on any atom is 0.341 e. The molecule has 0 radical (unpaired) electrons. The molecule has 3 aliphatic rings. The van der Waals surface area contributed by atoms with Crippen LogP contribution in [0.4, 0.5) is 10.2 Å². The van der Waals surface area contributed by atoms with Crippen molar-refractivity contribution in [3.8, 4) is 0 Å². The summed E-state index contributed by atoms with van der Waals surface area (Å²) < 4.78 is 28.5. The summed E-state index contributed by atoms with van der Waals surface area (Å²) in [5.74, 6) is -2.81. The normalized spacial score (nSPS) is 25.1. The van der Waals surface area contributed by atoms with Crippen molar-refractivity contribution >= 4 is 28.8 Å². The second kappa shape index (κ2) is 7.99. The molecule has 188 valence electrons. The molecule has 35 heavy (non-hydrogen) atoms. The van der Waals surface area contributed by atoms with Gasteiger partial charge >= 0.3 is 11.9 Å².